The van der Waals surface area contributed by atoms with Gasteiger partial charge >= 0.3 is 0 Å². The van der Waals surface area contributed by atoms with Crippen molar-refractivity contribution in [1.29, 1.82) is 0 Å². The zero-order chi connectivity index (χ0) is 28.2. The van der Waals surface area contributed by atoms with Crippen LogP contribution in [0.15, 0.2) is 18.2 Å². The number of amides is 2. The molecule has 3 aliphatic rings. The first-order valence-corrected chi connectivity index (χ1v) is 14.9. The molecule has 1 aliphatic carbocycles. The first-order valence-electron chi connectivity index (χ1n) is 14.9. The number of carbonyl (C=O) groups excluding carboxylic acids is 2. The van der Waals surface area contributed by atoms with Crippen molar-refractivity contribution in [3.8, 4) is 0 Å². The maximum atomic E-state index is 14.0. The van der Waals surface area contributed by atoms with Crippen LogP contribution in [0.1, 0.15) is 65.4 Å². The molecule has 0 spiro atoms. The quantitative estimate of drug-likeness (QED) is 0.351. The largest absolute Gasteiger partial charge is 0.394 e. The van der Waals surface area contributed by atoms with Crippen LogP contribution in [0, 0.1) is 23.2 Å². The molecule has 2 amide bonds. The fourth-order valence-electron chi connectivity index (χ4n) is 6.36. The van der Waals surface area contributed by atoms with Crippen LogP contribution in [0.3, 0.4) is 0 Å². The summed E-state index contributed by atoms with van der Waals surface area (Å²) in [6.07, 6.45) is 5.29. The molecule has 4 rings (SSSR count). The molecule has 218 valence electrons. The summed E-state index contributed by atoms with van der Waals surface area (Å²) in [5, 5.41) is 16.1. The third-order valence-corrected chi connectivity index (χ3v) is 8.29. The molecule has 1 aromatic rings. The van der Waals surface area contributed by atoms with Crippen molar-refractivity contribution in [3.63, 3.8) is 0 Å². The van der Waals surface area contributed by atoms with Gasteiger partial charge in [0.1, 0.15) is 0 Å². The molecular weight excluding hydrogens is 492 g/mol. The molecule has 1 saturated heterocycles. The molecule has 0 unspecified atom stereocenters. The summed E-state index contributed by atoms with van der Waals surface area (Å²) in [6.45, 7) is 12.5. The predicted octanol–water partition coefficient (Wildman–Crippen LogP) is 3.36. The number of anilines is 2. The van der Waals surface area contributed by atoms with Gasteiger partial charge in [0.25, 0.3) is 0 Å². The maximum absolute atomic E-state index is 14.0. The Morgan fingerprint density at radius 2 is 1.97 bits per heavy atom. The third kappa shape index (κ3) is 7.74. The molecule has 2 aliphatic heterocycles. The second kappa shape index (κ2) is 13.0. The highest BCUT2D eigenvalue weighted by atomic mass is 16.5. The Balaban J connectivity index is 1.50. The van der Waals surface area contributed by atoms with E-state index in [0.717, 1.165) is 57.5 Å². The number of piperidine rings is 1. The zero-order valence-corrected chi connectivity index (χ0v) is 24.7. The Morgan fingerprint density at radius 3 is 2.64 bits per heavy atom. The van der Waals surface area contributed by atoms with Gasteiger partial charge in [-0.1, -0.05) is 33.8 Å². The number of rotatable bonds is 12. The molecule has 1 aromatic carbocycles. The number of methoxy groups -OCH3 is 1. The minimum Gasteiger partial charge on any atom is -0.394 e. The number of fused-ring (bicyclic) bond motifs is 1. The monoisotopic (exact) mass is 542 g/mol. The van der Waals surface area contributed by atoms with Crippen LogP contribution in [0.4, 0.5) is 11.4 Å². The molecule has 0 radical (unpaired) electrons. The second-order valence-corrected chi connectivity index (χ2v) is 13.2. The van der Waals surface area contributed by atoms with Gasteiger partial charge in [-0.3, -0.25) is 9.59 Å². The summed E-state index contributed by atoms with van der Waals surface area (Å²) in [6, 6.07) is 6.56. The number of hydrogen-bond acceptors (Lipinski definition) is 6. The smallest absolute Gasteiger partial charge is 0.231 e. The van der Waals surface area contributed by atoms with Crippen LogP contribution in [-0.4, -0.2) is 75.5 Å². The predicted molar refractivity (Wildman–Crippen MR) is 156 cm³/mol. The van der Waals surface area contributed by atoms with E-state index >= 15 is 0 Å². The van der Waals surface area contributed by atoms with Gasteiger partial charge in [0.05, 0.1) is 24.5 Å². The van der Waals surface area contributed by atoms with Crippen LogP contribution in [0.5, 0.6) is 0 Å². The number of carbonyl (C=O) groups is 2. The minimum atomic E-state index is -0.281. The van der Waals surface area contributed by atoms with Gasteiger partial charge in [-0.05, 0) is 67.6 Å². The molecule has 1 saturated carbocycles. The first-order chi connectivity index (χ1) is 18.6. The highest BCUT2D eigenvalue weighted by Gasteiger charge is 2.40. The first kappa shape index (κ1) is 29.8. The van der Waals surface area contributed by atoms with Crippen molar-refractivity contribution in [2.45, 2.75) is 78.3 Å². The summed E-state index contributed by atoms with van der Waals surface area (Å²) in [4.78, 5) is 31.6. The number of benzene rings is 1. The van der Waals surface area contributed by atoms with E-state index < -0.39 is 0 Å². The van der Waals surface area contributed by atoms with E-state index in [1.165, 1.54) is 11.3 Å². The second-order valence-electron chi connectivity index (χ2n) is 13.2. The van der Waals surface area contributed by atoms with Gasteiger partial charge in [0, 0.05) is 57.3 Å². The van der Waals surface area contributed by atoms with E-state index in [2.05, 4.69) is 61.4 Å². The number of nitrogens with zero attached hydrogens (tertiary/aromatic N) is 2. The van der Waals surface area contributed by atoms with Crippen molar-refractivity contribution in [1.82, 2.24) is 10.6 Å². The number of ether oxygens (including phenoxy) is 1. The molecule has 2 heterocycles. The van der Waals surface area contributed by atoms with Gasteiger partial charge in [0.2, 0.25) is 11.8 Å². The van der Waals surface area contributed by atoms with Crippen molar-refractivity contribution in [2.24, 2.45) is 23.2 Å². The van der Waals surface area contributed by atoms with Gasteiger partial charge in [-0.25, -0.2) is 0 Å². The SMILES string of the molecule is COCCCN1CC(C)(C)Cc2ccc(N(C(=O)[C@H]3CNC[C@@H](C(=O)N[C@@H](CO)CC(C)C)C3)C3CC3)cc21. The summed E-state index contributed by atoms with van der Waals surface area (Å²) in [5.74, 6) is -0.101. The molecular formula is C31H50N4O4. The molecule has 8 nitrogen and oxygen atoms in total. The molecule has 0 aromatic heterocycles. The molecule has 0 bridgehead atoms. The Labute approximate surface area is 234 Å². The Morgan fingerprint density at radius 1 is 1.23 bits per heavy atom. The summed E-state index contributed by atoms with van der Waals surface area (Å²) in [5.41, 5.74) is 3.75. The topological polar surface area (TPSA) is 94.1 Å². The van der Waals surface area contributed by atoms with Gasteiger partial charge in [0.15, 0.2) is 0 Å². The summed E-state index contributed by atoms with van der Waals surface area (Å²) >= 11 is 0. The van der Waals surface area contributed by atoms with Crippen LogP contribution in [0.25, 0.3) is 0 Å². The van der Waals surface area contributed by atoms with Gasteiger partial charge in [-0.15, -0.1) is 0 Å². The van der Waals surface area contributed by atoms with E-state index in [1.54, 1.807) is 7.11 Å². The molecule has 2 fully saturated rings. The van der Waals surface area contributed by atoms with E-state index in [4.69, 9.17) is 4.74 Å². The standard InChI is InChI=1S/C31H50N4O4/c1-21(2)13-25(19-36)33-29(37)23-14-24(18-32-17-23)30(38)35(26-9-10-26)27-8-7-22-16-31(3,4)20-34(28(22)15-27)11-6-12-39-5/h7-8,15,21,23-26,32,36H,6,9-14,16-20H2,1-5H3,(H,33,37)/t23-,24+,25+/m0/s1. The van der Waals surface area contributed by atoms with Crippen LogP contribution in [-0.2, 0) is 20.7 Å². The fourth-order valence-corrected chi connectivity index (χ4v) is 6.36. The van der Waals surface area contributed by atoms with Crippen LogP contribution < -0.4 is 20.4 Å². The van der Waals surface area contributed by atoms with Crippen LogP contribution in [0.2, 0.25) is 0 Å². The Bertz CT molecular complexity index is 993. The highest BCUT2D eigenvalue weighted by molar-refractivity contribution is 5.97. The third-order valence-electron chi connectivity index (χ3n) is 8.29. The van der Waals surface area contributed by atoms with Crippen molar-refractivity contribution >= 4 is 23.2 Å². The zero-order valence-electron chi connectivity index (χ0n) is 24.7. The molecule has 8 heteroatoms. The van der Waals surface area contributed by atoms with Crippen molar-refractivity contribution in [2.75, 3.05) is 56.3 Å². The number of aliphatic hydroxyl groups is 1. The number of hydrogen-bond donors (Lipinski definition) is 3. The van der Waals surface area contributed by atoms with Crippen molar-refractivity contribution < 1.29 is 19.4 Å². The highest BCUT2D eigenvalue weighted by Crippen LogP contribution is 2.41. The number of nitrogens with one attached hydrogen (secondary N) is 2. The lowest BCUT2D eigenvalue weighted by molar-refractivity contribution is -0.129. The lowest BCUT2D eigenvalue weighted by Gasteiger charge is -2.41. The van der Waals surface area contributed by atoms with Gasteiger partial charge in [-0.2, -0.15) is 0 Å². The normalized spacial score (nSPS) is 23.3. The van der Waals surface area contributed by atoms with Crippen molar-refractivity contribution in [3.05, 3.63) is 23.8 Å². The van der Waals surface area contributed by atoms with Crippen LogP contribution >= 0.6 is 0 Å². The van der Waals surface area contributed by atoms with E-state index in [-0.39, 0.29) is 47.8 Å². The number of aliphatic hydroxyl groups excluding tert-OH is 1. The van der Waals surface area contributed by atoms with E-state index in [0.29, 0.717) is 25.4 Å². The van der Waals surface area contributed by atoms with E-state index in [1.807, 2.05) is 4.90 Å². The Hall–Kier alpha value is -2.16. The molecule has 39 heavy (non-hydrogen) atoms. The summed E-state index contributed by atoms with van der Waals surface area (Å²) in [7, 11) is 1.75. The maximum Gasteiger partial charge on any atom is 0.231 e. The fraction of sp³-hybridized carbons (Fsp3) is 0.742. The average molecular weight is 543 g/mol. The van der Waals surface area contributed by atoms with Gasteiger partial charge < -0.3 is 30.3 Å². The average Bonchev–Trinajstić information content (AvgIpc) is 3.73. The summed E-state index contributed by atoms with van der Waals surface area (Å²) < 4.78 is 5.32. The lowest BCUT2D eigenvalue weighted by atomic mass is 9.81. The molecule has 3 N–H and O–H groups in total. The van der Waals surface area contributed by atoms with E-state index in [9.17, 15) is 14.7 Å². The lowest BCUT2D eigenvalue weighted by Crippen LogP contribution is -2.51. The molecule has 3 atom stereocenters. The Kier molecular flexibility index (Phi) is 9.94. The minimum absolute atomic E-state index is 0.0687.